The number of aryl methyl sites for hydroxylation is 2. The van der Waals surface area contributed by atoms with Gasteiger partial charge in [0, 0.05) is 13.1 Å². The molecule has 1 aromatic rings. The van der Waals surface area contributed by atoms with Crippen LogP contribution in [-0.2, 0) is 11.8 Å². The molecule has 0 radical (unpaired) electrons. The summed E-state index contributed by atoms with van der Waals surface area (Å²) in [5.74, 6) is -0.0986. The Morgan fingerprint density at radius 2 is 2.18 bits per heavy atom. The standard InChI is InChI=1S/C9H13F3N4O/c1-6-3-7(16(2)15-6)14-8(17)4-13-5-9(10,11)12/h3,13H,4-5H2,1-2H3,(H,14,17). The van der Waals surface area contributed by atoms with Crippen LogP contribution in [0.4, 0.5) is 19.0 Å². The van der Waals surface area contributed by atoms with Crippen LogP contribution in [0.25, 0.3) is 0 Å². The molecule has 0 bridgehead atoms. The van der Waals surface area contributed by atoms with Gasteiger partial charge in [0.1, 0.15) is 5.82 Å². The summed E-state index contributed by atoms with van der Waals surface area (Å²) in [7, 11) is 1.63. The van der Waals surface area contributed by atoms with Crippen LogP contribution in [0.5, 0.6) is 0 Å². The molecule has 96 valence electrons. The Morgan fingerprint density at radius 3 is 2.65 bits per heavy atom. The van der Waals surface area contributed by atoms with Crippen molar-refractivity contribution in [3.05, 3.63) is 11.8 Å². The van der Waals surface area contributed by atoms with Crippen LogP contribution in [0.2, 0.25) is 0 Å². The smallest absolute Gasteiger partial charge is 0.310 e. The highest BCUT2D eigenvalue weighted by Crippen LogP contribution is 2.12. The number of hydrogen-bond donors (Lipinski definition) is 2. The Kier molecular flexibility index (Phi) is 4.11. The summed E-state index contributed by atoms with van der Waals surface area (Å²) < 4.78 is 36.8. The molecule has 0 fully saturated rings. The lowest BCUT2D eigenvalue weighted by Crippen LogP contribution is -2.35. The molecule has 17 heavy (non-hydrogen) atoms. The highest BCUT2D eigenvalue weighted by atomic mass is 19.4. The van der Waals surface area contributed by atoms with Crippen molar-refractivity contribution < 1.29 is 18.0 Å². The molecule has 0 aliphatic heterocycles. The molecule has 1 heterocycles. The van der Waals surface area contributed by atoms with Crippen LogP contribution in [0.3, 0.4) is 0 Å². The summed E-state index contributed by atoms with van der Waals surface area (Å²) in [6.07, 6.45) is -4.32. The zero-order valence-electron chi connectivity index (χ0n) is 9.43. The van der Waals surface area contributed by atoms with Crippen molar-refractivity contribution in [3.8, 4) is 0 Å². The Labute approximate surface area is 96.0 Å². The number of amides is 1. The summed E-state index contributed by atoms with van der Waals surface area (Å²) in [6.45, 7) is 0.159. The van der Waals surface area contributed by atoms with E-state index in [9.17, 15) is 18.0 Å². The van der Waals surface area contributed by atoms with Crippen molar-refractivity contribution in [3.63, 3.8) is 0 Å². The lowest BCUT2D eigenvalue weighted by Gasteiger charge is -2.08. The summed E-state index contributed by atoms with van der Waals surface area (Å²) in [4.78, 5) is 11.3. The highest BCUT2D eigenvalue weighted by Gasteiger charge is 2.26. The van der Waals surface area contributed by atoms with Crippen LogP contribution >= 0.6 is 0 Å². The minimum absolute atomic E-state index is 0.399. The predicted molar refractivity (Wildman–Crippen MR) is 55.5 cm³/mol. The fourth-order valence-electron chi connectivity index (χ4n) is 1.23. The number of aromatic nitrogens is 2. The lowest BCUT2D eigenvalue weighted by atomic mass is 10.4. The number of carbonyl (C=O) groups excluding carboxylic acids is 1. The first kappa shape index (κ1) is 13.5. The van der Waals surface area contributed by atoms with E-state index in [0.29, 0.717) is 11.5 Å². The lowest BCUT2D eigenvalue weighted by molar-refractivity contribution is -0.127. The topological polar surface area (TPSA) is 59.0 Å². The molecule has 0 spiro atoms. The van der Waals surface area contributed by atoms with Gasteiger partial charge in [-0.15, -0.1) is 0 Å². The van der Waals surface area contributed by atoms with Crippen molar-refractivity contribution in [1.29, 1.82) is 0 Å². The molecule has 0 unspecified atom stereocenters. The SMILES string of the molecule is Cc1cc(NC(=O)CNCC(F)(F)F)n(C)n1. The molecular weight excluding hydrogens is 237 g/mol. The fraction of sp³-hybridized carbons (Fsp3) is 0.556. The third-order valence-corrected chi connectivity index (χ3v) is 1.88. The molecule has 0 aromatic carbocycles. The Hall–Kier alpha value is -1.57. The van der Waals surface area contributed by atoms with E-state index >= 15 is 0 Å². The Balaban J connectivity index is 2.38. The van der Waals surface area contributed by atoms with E-state index in [1.807, 2.05) is 5.32 Å². The van der Waals surface area contributed by atoms with Crippen molar-refractivity contribution in [2.75, 3.05) is 18.4 Å². The quantitative estimate of drug-likeness (QED) is 0.831. The van der Waals surface area contributed by atoms with Crippen LogP contribution in [0.15, 0.2) is 6.07 Å². The van der Waals surface area contributed by atoms with Crippen molar-refractivity contribution in [2.45, 2.75) is 13.1 Å². The molecule has 5 nitrogen and oxygen atoms in total. The molecule has 1 aromatic heterocycles. The van der Waals surface area contributed by atoms with Crippen LogP contribution in [0, 0.1) is 6.92 Å². The minimum atomic E-state index is -4.32. The summed E-state index contributed by atoms with van der Waals surface area (Å²) in [5.41, 5.74) is 0.714. The third kappa shape index (κ3) is 4.85. The van der Waals surface area contributed by atoms with E-state index < -0.39 is 25.2 Å². The Morgan fingerprint density at radius 1 is 1.53 bits per heavy atom. The molecule has 0 aliphatic rings. The minimum Gasteiger partial charge on any atom is -0.310 e. The van der Waals surface area contributed by atoms with Crippen LogP contribution in [0.1, 0.15) is 5.69 Å². The number of carbonyl (C=O) groups is 1. The summed E-state index contributed by atoms with van der Waals surface area (Å²) in [6, 6.07) is 1.63. The van der Waals surface area contributed by atoms with Gasteiger partial charge in [-0.3, -0.25) is 9.48 Å². The van der Waals surface area contributed by atoms with E-state index in [2.05, 4.69) is 10.4 Å². The Bertz CT molecular complexity index is 399. The number of nitrogens with zero attached hydrogens (tertiary/aromatic N) is 2. The zero-order valence-corrected chi connectivity index (χ0v) is 9.43. The van der Waals surface area contributed by atoms with Crippen molar-refractivity contribution >= 4 is 11.7 Å². The van der Waals surface area contributed by atoms with Crippen molar-refractivity contribution in [1.82, 2.24) is 15.1 Å². The molecule has 2 N–H and O–H groups in total. The molecule has 0 saturated carbocycles. The third-order valence-electron chi connectivity index (χ3n) is 1.88. The first-order valence-electron chi connectivity index (χ1n) is 4.86. The maximum Gasteiger partial charge on any atom is 0.401 e. The van der Waals surface area contributed by atoms with Crippen LogP contribution < -0.4 is 10.6 Å². The monoisotopic (exact) mass is 250 g/mol. The largest absolute Gasteiger partial charge is 0.401 e. The molecule has 0 saturated heterocycles. The van der Waals surface area contributed by atoms with Gasteiger partial charge in [0.05, 0.1) is 18.8 Å². The molecule has 0 atom stereocenters. The average Bonchev–Trinajstić information content (AvgIpc) is 2.42. The molecule has 1 amide bonds. The summed E-state index contributed by atoms with van der Waals surface area (Å²) in [5, 5.41) is 8.44. The molecular formula is C9H13F3N4O. The van der Waals surface area contributed by atoms with E-state index in [1.54, 1.807) is 20.0 Å². The number of alkyl halides is 3. The number of nitrogens with one attached hydrogen (secondary N) is 2. The van der Waals surface area contributed by atoms with Crippen LogP contribution in [-0.4, -0.2) is 35.0 Å². The maximum atomic E-state index is 11.8. The van der Waals surface area contributed by atoms with Gasteiger partial charge in [-0.25, -0.2) is 0 Å². The normalized spacial score (nSPS) is 11.6. The van der Waals surface area contributed by atoms with Crippen molar-refractivity contribution in [2.24, 2.45) is 7.05 Å². The molecule has 0 aliphatic carbocycles. The number of anilines is 1. The molecule has 8 heteroatoms. The van der Waals surface area contributed by atoms with E-state index in [1.165, 1.54) is 4.68 Å². The van der Waals surface area contributed by atoms with Gasteiger partial charge in [0.25, 0.3) is 0 Å². The maximum absolute atomic E-state index is 11.8. The zero-order chi connectivity index (χ0) is 13.1. The number of halogens is 3. The van der Waals surface area contributed by atoms with E-state index in [-0.39, 0.29) is 0 Å². The van der Waals surface area contributed by atoms with Gasteiger partial charge >= 0.3 is 6.18 Å². The second-order valence-electron chi connectivity index (χ2n) is 3.56. The van der Waals surface area contributed by atoms with Gasteiger partial charge in [-0.1, -0.05) is 0 Å². The van der Waals surface area contributed by atoms with Gasteiger partial charge in [0.2, 0.25) is 5.91 Å². The number of rotatable bonds is 4. The second kappa shape index (κ2) is 5.17. The first-order valence-corrected chi connectivity index (χ1v) is 4.86. The van der Waals surface area contributed by atoms with Gasteiger partial charge in [0.15, 0.2) is 0 Å². The van der Waals surface area contributed by atoms with Gasteiger partial charge < -0.3 is 10.6 Å². The van der Waals surface area contributed by atoms with E-state index in [0.717, 1.165) is 0 Å². The predicted octanol–water partition coefficient (Wildman–Crippen LogP) is 0.819. The fourth-order valence-corrected chi connectivity index (χ4v) is 1.23. The van der Waals surface area contributed by atoms with Gasteiger partial charge in [-0.05, 0) is 6.92 Å². The molecule has 1 rings (SSSR count). The average molecular weight is 250 g/mol. The van der Waals surface area contributed by atoms with E-state index in [4.69, 9.17) is 0 Å². The first-order chi connectivity index (χ1) is 7.78. The summed E-state index contributed by atoms with van der Waals surface area (Å²) >= 11 is 0. The highest BCUT2D eigenvalue weighted by molar-refractivity contribution is 5.91. The number of hydrogen-bond acceptors (Lipinski definition) is 3. The van der Waals surface area contributed by atoms with Gasteiger partial charge in [-0.2, -0.15) is 18.3 Å². The second-order valence-corrected chi connectivity index (χ2v) is 3.56.